The quantitative estimate of drug-likeness (QED) is 0.389. The molecule has 0 aliphatic carbocycles. The topological polar surface area (TPSA) is 58.3 Å². The van der Waals surface area contributed by atoms with Crippen LogP contribution in [-0.4, -0.2) is 21.7 Å². The second-order valence-electron chi connectivity index (χ2n) is 4.38. The van der Waals surface area contributed by atoms with Crippen molar-refractivity contribution in [2.75, 3.05) is 0 Å². The summed E-state index contributed by atoms with van der Waals surface area (Å²) in [5, 5.41) is 21.1. The number of halogens is 1. The largest absolute Gasteiger partial charge is 0.623 e. The molecule has 1 aromatic carbocycles. The molecule has 0 spiro atoms. The van der Waals surface area contributed by atoms with Crippen LogP contribution in [0.1, 0.15) is 26.3 Å². The minimum atomic E-state index is -0.865. The summed E-state index contributed by atoms with van der Waals surface area (Å²) in [6, 6.07) is 7.42. The summed E-state index contributed by atoms with van der Waals surface area (Å²) in [5.41, 5.74) is 2.45. The Bertz CT molecular complexity index is 464. The van der Waals surface area contributed by atoms with Gasteiger partial charge in [0.15, 0.2) is 6.21 Å². The fourth-order valence-electron chi connectivity index (χ4n) is 1.52. The van der Waals surface area contributed by atoms with E-state index in [0.29, 0.717) is 5.70 Å². The molecule has 0 radical (unpaired) electrons. The van der Waals surface area contributed by atoms with E-state index in [4.69, 9.17) is 5.21 Å². The summed E-state index contributed by atoms with van der Waals surface area (Å²) in [6.07, 6.45) is 3.16. The second-order valence-corrected chi connectivity index (χ2v) is 5.30. The Hall–Kier alpha value is -1.33. The van der Waals surface area contributed by atoms with E-state index < -0.39 is 5.54 Å². The zero-order valence-corrected chi connectivity index (χ0v) is 12.2. The molecule has 4 nitrogen and oxygen atoms in total. The maximum Gasteiger partial charge on any atom is 0.208 e. The van der Waals surface area contributed by atoms with Crippen LogP contribution in [0, 0.1) is 5.21 Å². The lowest BCUT2D eigenvalue weighted by Gasteiger charge is -2.25. The van der Waals surface area contributed by atoms with Crippen LogP contribution < -0.4 is 5.48 Å². The minimum Gasteiger partial charge on any atom is -0.623 e. The molecule has 0 saturated heterocycles. The first kappa shape index (κ1) is 14.7. The first-order valence-electron chi connectivity index (χ1n) is 5.55. The van der Waals surface area contributed by atoms with Gasteiger partial charge in [0.2, 0.25) is 5.54 Å². The van der Waals surface area contributed by atoms with Crippen LogP contribution in [-0.2, 0) is 0 Å². The molecule has 0 bridgehead atoms. The van der Waals surface area contributed by atoms with E-state index >= 15 is 0 Å². The highest BCUT2D eigenvalue weighted by Gasteiger charge is 2.31. The molecule has 0 fully saturated rings. The lowest BCUT2D eigenvalue weighted by molar-refractivity contribution is -0.525. The maximum absolute atomic E-state index is 12.1. The molecule has 1 aromatic rings. The summed E-state index contributed by atoms with van der Waals surface area (Å²) in [6.45, 7) is 5.22. The molecule has 0 aliphatic rings. The van der Waals surface area contributed by atoms with Crippen molar-refractivity contribution in [3.8, 4) is 0 Å². The van der Waals surface area contributed by atoms with Gasteiger partial charge in [-0.3, -0.25) is 10.7 Å². The van der Waals surface area contributed by atoms with E-state index in [9.17, 15) is 5.21 Å². The van der Waals surface area contributed by atoms with Crippen LogP contribution in [0.15, 0.2) is 40.5 Å². The molecule has 0 atom stereocenters. The number of rotatable bonds is 4. The molecule has 0 aliphatic heterocycles. The highest BCUT2D eigenvalue weighted by atomic mass is 79.9. The number of benzene rings is 1. The summed E-state index contributed by atoms with van der Waals surface area (Å²) >= 11 is 3.34. The monoisotopic (exact) mass is 312 g/mol. The van der Waals surface area contributed by atoms with Gasteiger partial charge < -0.3 is 5.21 Å². The van der Waals surface area contributed by atoms with Gasteiger partial charge in [0, 0.05) is 23.9 Å². The van der Waals surface area contributed by atoms with Crippen molar-refractivity contribution in [1.82, 2.24) is 5.48 Å². The summed E-state index contributed by atoms with van der Waals surface area (Å²) in [5.74, 6) is 0. The third-order valence-electron chi connectivity index (χ3n) is 2.76. The van der Waals surface area contributed by atoms with Gasteiger partial charge in [-0.2, -0.15) is 0 Å². The van der Waals surface area contributed by atoms with E-state index in [1.165, 1.54) is 6.21 Å². The van der Waals surface area contributed by atoms with Crippen LogP contribution >= 0.6 is 15.9 Å². The van der Waals surface area contributed by atoms with Crippen molar-refractivity contribution in [2.24, 2.45) is 0 Å². The van der Waals surface area contributed by atoms with Crippen molar-refractivity contribution in [1.29, 1.82) is 0 Å². The fourth-order valence-corrected chi connectivity index (χ4v) is 1.78. The van der Waals surface area contributed by atoms with Crippen LogP contribution in [0.2, 0.25) is 0 Å². The highest BCUT2D eigenvalue weighted by Crippen LogP contribution is 2.17. The second kappa shape index (κ2) is 6.02. The van der Waals surface area contributed by atoms with Crippen LogP contribution in [0.25, 0.3) is 0 Å². The Kier molecular flexibility index (Phi) is 4.93. The van der Waals surface area contributed by atoms with Gasteiger partial charge in [0.05, 0.1) is 0 Å². The first-order chi connectivity index (χ1) is 8.41. The number of hydrogen-bond donors (Lipinski definition) is 2. The molecule has 18 heavy (non-hydrogen) atoms. The molecule has 1 rings (SSSR count). The third-order valence-corrected chi connectivity index (χ3v) is 3.28. The molecule has 0 amide bonds. The molecule has 98 valence electrons. The summed E-state index contributed by atoms with van der Waals surface area (Å²) < 4.78 is 1.77. The van der Waals surface area contributed by atoms with Crippen molar-refractivity contribution in [2.45, 2.75) is 26.3 Å². The molecule has 0 aromatic heterocycles. The number of hydroxylamine groups is 2. The smallest absolute Gasteiger partial charge is 0.208 e. The van der Waals surface area contributed by atoms with Gasteiger partial charge in [0.1, 0.15) is 5.70 Å². The standard InChI is InChI=1S/C13H17BrN2O2/c1-4-12(15-17)13(2,3)16(18)9-10-5-7-11(14)8-6-10/h4-9,15,17H,1-3H3/b12-4-,16-9?. The fraction of sp³-hybridized carbons (Fsp3) is 0.308. The van der Waals surface area contributed by atoms with E-state index in [1.54, 1.807) is 26.8 Å². The molecule has 5 heteroatoms. The van der Waals surface area contributed by atoms with E-state index in [2.05, 4.69) is 21.4 Å². The van der Waals surface area contributed by atoms with E-state index in [1.807, 2.05) is 24.3 Å². The summed E-state index contributed by atoms with van der Waals surface area (Å²) in [4.78, 5) is 0. The average Bonchev–Trinajstić information content (AvgIpc) is 2.33. The number of allylic oxidation sites excluding steroid dienone is 1. The molecule has 0 saturated carbocycles. The average molecular weight is 313 g/mol. The predicted molar refractivity (Wildman–Crippen MR) is 75.7 cm³/mol. The number of nitrogens with zero attached hydrogens (tertiary/aromatic N) is 1. The van der Waals surface area contributed by atoms with Gasteiger partial charge >= 0.3 is 0 Å². The van der Waals surface area contributed by atoms with Crippen LogP contribution in [0.3, 0.4) is 0 Å². The first-order valence-corrected chi connectivity index (χ1v) is 6.35. The van der Waals surface area contributed by atoms with Crippen molar-refractivity contribution in [3.63, 3.8) is 0 Å². The van der Waals surface area contributed by atoms with Gasteiger partial charge in [-0.25, -0.2) is 4.74 Å². The Balaban J connectivity index is 3.05. The zero-order chi connectivity index (χ0) is 13.8. The van der Waals surface area contributed by atoms with Crippen molar-refractivity contribution in [3.05, 3.63) is 51.3 Å². The normalized spacial score (nSPS) is 13.6. The Morgan fingerprint density at radius 1 is 1.39 bits per heavy atom. The third kappa shape index (κ3) is 3.34. The van der Waals surface area contributed by atoms with Gasteiger partial charge in [0.25, 0.3) is 0 Å². The van der Waals surface area contributed by atoms with Crippen molar-refractivity contribution < 1.29 is 9.95 Å². The molecule has 2 N–H and O–H groups in total. The van der Waals surface area contributed by atoms with Gasteiger partial charge in [-0.15, -0.1) is 0 Å². The lowest BCUT2D eigenvalue weighted by Crippen LogP contribution is -2.40. The van der Waals surface area contributed by atoms with Gasteiger partial charge in [-0.1, -0.05) is 22.0 Å². The van der Waals surface area contributed by atoms with Gasteiger partial charge in [-0.05, 0) is 31.2 Å². The molecular formula is C13H17BrN2O2. The van der Waals surface area contributed by atoms with E-state index in [-0.39, 0.29) is 0 Å². The zero-order valence-electron chi connectivity index (χ0n) is 10.6. The molecule has 0 heterocycles. The van der Waals surface area contributed by atoms with Crippen LogP contribution in [0.4, 0.5) is 0 Å². The SMILES string of the molecule is C/C=C(\NO)C(C)(C)[N+]([O-])=Cc1ccc(Br)cc1. The summed E-state index contributed by atoms with van der Waals surface area (Å²) in [7, 11) is 0. The van der Waals surface area contributed by atoms with E-state index in [0.717, 1.165) is 14.8 Å². The predicted octanol–water partition coefficient (Wildman–Crippen LogP) is 3.04. The Labute approximate surface area is 115 Å². The van der Waals surface area contributed by atoms with Crippen molar-refractivity contribution >= 4 is 22.1 Å². The van der Waals surface area contributed by atoms with Crippen LogP contribution in [0.5, 0.6) is 0 Å². The lowest BCUT2D eigenvalue weighted by atomic mass is 10.0. The molecule has 0 unspecified atom stereocenters. The Morgan fingerprint density at radius 3 is 2.39 bits per heavy atom. The number of hydrogen-bond acceptors (Lipinski definition) is 3. The number of nitrogens with one attached hydrogen (secondary N) is 1. The molecular weight excluding hydrogens is 296 g/mol. The maximum atomic E-state index is 12.1. The minimum absolute atomic E-state index is 0.450. The Morgan fingerprint density at radius 2 is 1.94 bits per heavy atom. The highest BCUT2D eigenvalue weighted by molar-refractivity contribution is 9.10.